The van der Waals surface area contributed by atoms with Crippen molar-refractivity contribution in [1.82, 2.24) is 9.88 Å². The first-order valence-electron chi connectivity index (χ1n) is 6.79. The molecule has 1 saturated heterocycles. The monoisotopic (exact) mass is 278 g/mol. The van der Waals surface area contributed by atoms with Crippen LogP contribution in [0, 0.1) is 0 Å². The standard InChI is InChI=1S/C14H22N4O2/c1-14(2,3)20-13(19)18-7-5-10(9-18)17-12-4-6-16-8-11(12)15/h4,6,8,10H,5,7,9,15H2,1-3H3,(H,16,17)/t10-/m1/s1. The quantitative estimate of drug-likeness (QED) is 0.865. The summed E-state index contributed by atoms with van der Waals surface area (Å²) in [6.07, 6.45) is 3.92. The van der Waals surface area contributed by atoms with E-state index in [-0.39, 0.29) is 12.1 Å². The van der Waals surface area contributed by atoms with E-state index in [0.717, 1.165) is 12.1 Å². The summed E-state index contributed by atoms with van der Waals surface area (Å²) < 4.78 is 5.37. The van der Waals surface area contributed by atoms with Crippen molar-refractivity contribution < 1.29 is 9.53 Å². The largest absolute Gasteiger partial charge is 0.444 e. The van der Waals surface area contributed by atoms with Crippen LogP contribution in [-0.4, -0.2) is 40.7 Å². The predicted molar refractivity (Wildman–Crippen MR) is 78.5 cm³/mol. The molecule has 1 aliphatic rings. The number of carbonyl (C=O) groups excluding carboxylic acids is 1. The molecule has 6 nitrogen and oxygen atoms in total. The zero-order chi connectivity index (χ0) is 14.8. The molecule has 0 bridgehead atoms. The zero-order valence-corrected chi connectivity index (χ0v) is 12.2. The van der Waals surface area contributed by atoms with Gasteiger partial charge in [0.05, 0.1) is 17.6 Å². The Morgan fingerprint density at radius 1 is 1.55 bits per heavy atom. The fourth-order valence-corrected chi connectivity index (χ4v) is 2.13. The summed E-state index contributed by atoms with van der Waals surface area (Å²) in [7, 11) is 0. The summed E-state index contributed by atoms with van der Waals surface area (Å²) in [6, 6.07) is 2.03. The molecule has 1 amide bonds. The van der Waals surface area contributed by atoms with Crippen LogP contribution in [0.2, 0.25) is 0 Å². The maximum absolute atomic E-state index is 12.0. The van der Waals surface area contributed by atoms with Crippen LogP contribution in [0.4, 0.5) is 16.2 Å². The first kappa shape index (κ1) is 14.4. The van der Waals surface area contributed by atoms with Crippen molar-refractivity contribution in [2.75, 3.05) is 24.1 Å². The molecular weight excluding hydrogens is 256 g/mol. The smallest absolute Gasteiger partial charge is 0.410 e. The highest BCUT2D eigenvalue weighted by molar-refractivity contribution is 5.69. The maximum Gasteiger partial charge on any atom is 0.410 e. The lowest BCUT2D eigenvalue weighted by Gasteiger charge is -2.24. The Morgan fingerprint density at radius 3 is 2.95 bits per heavy atom. The molecule has 0 aliphatic carbocycles. The van der Waals surface area contributed by atoms with Crippen molar-refractivity contribution in [2.24, 2.45) is 0 Å². The second kappa shape index (κ2) is 5.56. The van der Waals surface area contributed by atoms with E-state index >= 15 is 0 Å². The number of nitrogens with zero attached hydrogens (tertiary/aromatic N) is 2. The van der Waals surface area contributed by atoms with Crippen LogP contribution in [0.3, 0.4) is 0 Å². The third-order valence-electron chi connectivity index (χ3n) is 3.05. The Bertz CT molecular complexity index is 484. The minimum Gasteiger partial charge on any atom is -0.444 e. The zero-order valence-electron chi connectivity index (χ0n) is 12.2. The number of nitrogens with two attached hydrogens (primary N) is 1. The lowest BCUT2D eigenvalue weighted by Crippen LogP contribution is -2.36. The fourth-order valence-electron chi connectivity index (χ4n) is 2.13. The lowest BCUT2D eigenvalue weighted by atomic mass is 10.2. The Labute approximate surface area is 119 Å². The average Bonchev–Trinajstić information content (AvgIpc) is 2.79. The molecule has 0 aromatic carbocycles. The van der Waals surface area contributed by atoms with Gasteiger partial charge < -0.3 is 20.7 Å². The molecule has 110 valence electrons. The summed E-state index contributed by atoms with van der Waals surface area (Å²) in [4.78, 5) is 17.6. The molecular formula is C14H22N4O2. The van der Waals surface area contributed by atoms with Crippen LogP contribution in [-0.2, 0) is 4.74 Å². The van der Waals surface area contributed by atoms with E-state index in [4.69, 9.17) is 10.5 Å². The van der Waals surface area contributed by atoms with Crippen LogP contribution in [0.1, 0.15) is 27.2 Å². The third-order valence-corrected chi connectivity index (χ3v) is 3.05. The number of rotatable bonds is 2. The molecule has 1 aromatic heterocycles. The van der Waals surface area contributed by atoms with Crippen LogP contribution in [0.5, 0.6) is 0 Å². The first-order valence-corrected chi connectivity index (χ1v) is 6.79. The third kappa shape index (κ3) is 3.76. The van der Waals surface area contributed by atoms with Crippen molar-refractivity contribution in [3.8, 4) is 0 Å². The minimum absolute atomic E-state index is 0.187. The minimum atomic E-state index is -0.460. The Kier molecular flexibility index (Phi) is 4.01. The van der Waals surface area contributed by atoms with Gasteiger partial charge in [-0.15, -0.1) is 0 Å². The van der Waals surface area contributed by atoms with E-state index in [0.29, 0.717) is 18.8 Å². The highest BCUT2D eigenvalue weighted by atomic mass is 16.6. The second-order valence-corrected chi connectivity index (χ2v) is 6.02. The van der Waals surface area contributed by atoms with Crippen molar-refractivity contribution in [2.45, 2.75) is 38.8 Å². The second-order valence-electron chi connectivity index (χ2n) is 6.02. The van der Waals surface area contributed by atoms with Crippen LogP contribution in [0.25, 0.3) is 0 Å². The average molecular weight is 278 g/mol. The van der Waals surface area contributed by atoms with Gasteiger partial charge in [0.2, 0.25) is 0 Å². The molecule has 20 heavy (non-hydrogen) atoms. The molecule has 6 heteroatoms. The van der Waals surface area contributed by atoms with Gasteiger partial charge in [-0.3, -0.25) is 4.98 Å². The number of ether oxygens (including phenoxy) is 1. The summed E-state index contributed by atoms with van der Waals surface area (Å²) in [5.41, 5.74) is 6.86. The first-order chi connectivity index (χ1) is 9.35. The number of likely N-dealkylation sites (tertiary alicyclic amines) is 1. The van der Waals surface area contributed by atoms with Gasteiger partial charge in [0.25, 0.3) is 0 Å². The van der Waals surface area contributed by atoms with E-state index in [1.807, 2.05) is 26.8 Å². The van der Waals surface area contributed by atoms with Crippen molar-refractivity contribution in [1.29, 1.82) is 0 Å². The molecule has 0 saturated carbocycles. The number of nitrogens with one attached hydrogen (secondary N) is 1. The van der Waals surface area contributed by atoms with Gasteiger partial charge in [0.1, 0.15) is 5.60 Å². The molecule has 1 fully saturated rings. The molecule has 2 heterocycles. The van der Waals surface area contributed by atoms with Crippen molar-refractivity contribution >= 4 is 17.5 Å². The van der Waals surface area contributed by atoms with Gasteiger partial charge in [0.15, 0.2) is 0 Å². The van der Waals surface area contributed by atoms with Gasteiger partial charge in [0, 0.05) is 25.3 Å². The molecule has 0 unspecified atom stereocenters. The number of nitrogen functional groups attached to an aromatic ring is 1. The van der Waals surface area contributed by atoms with E-state index in [9.17, 15) is 4.79 Å². The number of hydrogen-bond acceptors (Lipinski definition) is 5. The number of hydrogen-bond donors (Lipinski definition) is 2. The highest BCUT2D eigenvalue weighted by Crippen LogP contribution is 2.21. The molecule has 1 aromatic rings. The summed E-state index contributed by atoms with van der Waals surface area (Å²) >= 11 is 0. The summed E-state index contributed by atoms with van der Waals surface area (Å²) in [5, 5.41) is 3.34. The summed E-state index contributed by atoms with van der Waals surface area (Å²) in [5.74, 6) is 0. The van der Waals surface area contributed by atoms with E-state index in [1.165, 1.54) is 0 Å². The Balaban J connectivity index is 1.90. The molecule has 0 radical (unpaired) electrons. The van der Waals surface area contributed by atoms with E-state index < -0.39 is 5.60 Å². The van der Waals surface area contributed by atoms with E-state index in [1.54, 1.807) is 17.3 Å². The fraction of sp³-hybridized carbons (Fsp3) is 0.571. The molecule has 0 spiro atoms. The molecule has 3 N–H and O–H groups in total. The SMILES string of the molecule is CC(C)(C)OC(=O)N1CC[C@@H](Nc2ccncc2N)C1. The van der Waals surface area contributed by atoms with Gasteiger partial charge in [-0.1, -0.05) is 0 Å². The molecule has 1 aliphatic heterocycles. The van der Waals surface area contributed by atoms with E-state index in [2.05, 4.69) is 10.3 Å². The molecule has 1 atom stereocenters. The van der Waals surface area contributed by atoms with Gasteiger partial charge in [-0.25, -0.2) is 4.79 Å². The number of aromatic nitrogens is 1. The van der Waals surface area contributed by atoms with Gasteiger partial charge in [-0.05, 0) is 33.3 Å². The Hall–Kier alpha value is -1.98. The summed E-state index contributed by atoms with van der Waals surface area (Å²) in [6.45, 7) is 6.92. The van der Waals surface area contributed by atoms with Crippen LogP contribution < -0.4 is 11.1 Å². The number of pyridine rings is 1. The number of carbonyl (C=O) groups is 1. The number of amides is 1. The number of anilines is 2. The highest BCUT2D eigenvalue weighted by Gasteiger charge is 2.29. The van der Waals surface area contributed by atoms with Crippen LogP contribution >= 0.6 is 0 Å². The lowest BCUT2D eigenvalue weighted by molar-refractivity contribution is 0.0293. The maximum atomic E-state index is 12.0. The topological polar surface area (TPSA) is 80.5 Å². The van der Waals surface area contributed by atoms with Crippen molar-refractivity contribution in [3.05, 3.63) is 18.5 Å². The molecule has 2 rings (SSSR count). The van der Waals surface area contributed by atoms with Crippen molar-refractivity contribution in [3.63, 3.8) is 0 Å². The normalized spacial score (nSPS) is 18.9. The Morgan fingerprint density at radius 2 is 2.30 bits per heavy atom. The predicted octanol–water partition coefficient (Wildman–Crippen LogP) is 2.09. The van der Waals surface area contributed by atoms with Gasteiger partial charge >= 0.3 is 6.09 Å². The van der Waals surface area contributed by atoms with Gasteiger partial charge in [-0.2, -0.15) is 0 Å². The van der Waals surface area contributed by atoms with Crippen LogP contribution in [0.15, 0.2) is 18.5 Å².